The molecule has 0 amide bonds. The van der Waals surface area contributed by atoms with E-state index in [1.165, 1.54) is 0 Å². The topological polar surface area (TPSA) is 92.5 Å². The van der Waals surface area contributed by atoms with Gasteiger partial charge < -0.3 is 19.3 Å². The molecule has 2 heterocycles. The summed E-state index contributed by atoms with van der Waals surface area (Å²) in [4.78, 5) is 0. The first kappa shape index (κ1) is 29.2. The number of hydrogen-bond acceptors (Lipinski definition) is 6. The molecule has 0 aliphatic heterocycles. The highest BCUT2D eigenvalue weighted by atomic mass is 79.9. The van der Waals surface area contributed by atoms with Crippen molar-refractivity contribution in [2.45, 2.75) is 6.42 Å². The van der Waals surface area contributed by atoms with Gasteiger partial charge in [0.15, 0.2) is 11.2 Å². The molecule has 0 atom stereocenters. The third-order valence-electron chi connectivity index (χ3n) is 8.42. The third-order valence-corrected chi connectivity index (χ3v) is 9.47. The summed E-state index contributed by atoms with van der Waals surface area (Å²) in [6.45, 7) is 0. The highest BCUT2D eigenvalue weighted by Crippen LogP contribution is 2.41. The van der Waals surface area contributed by atoms with Crippen LogP contribution >= 0.6 is 31.9 Å². The first-order valence-electron chi connectivity index (χ1n) is 14.8. The van der Waals surface area contributed by atoms with Crippen LogP contribution in [0.1, 0.15) is 11.1 Å². The summed E-state index contributed by atoms with van der Waals surface area (Å²) in [7, 11) is 0. The molecule has 6 aromatic carbocycles. The van der Waals surface area contributed by atoms with Crippen molar-refractivity contribution >= 4 is 53.8 Å². The third kappa shape index (κ3) is 5.60. The Morgan fingerprint density at radius 1 is 0.468 bits per heavy atom. The molecular formula is C39H24Br2N2O4. The summed E-state index contributed by atoms with van der Waals surface area (Å²) >= 11 is 7.02. The summed E-state index contributed by atoms with van der Waals surface area (Å²) in [5, 5.41) is 31.9. The normalized spacial score (nSPS) is 11.4. The van der Waals surface area contributed by atoms with E-state index in [1.807, 2.05) is 84.9 Å². The van der Waals surface area contributed by atoms with E-state index >= 15 is 0 Å². The Kier molecular flexibility index (Phi) is 7.39. The molecule has 8 heteroatoms. The highest BCUT2D eigenvalue weighted by molar-refractivity contribution is 9.10. The van der Waals surface area contributed by atoms with Crippen molar-refractivity contribution in [3.63, 3.8) is 0 Å². The Labute approximate surface area is 286 Å². The zero-order valence-electron chi connectivity index (χ0n) is 24.6. The van der Waals surface area contributed by atoms with Crippen LogP contribution in [-0.2, 0) is 6.42 Å². The molecule has 0 spiro atoms. The lowest BCUT2D eigenvalue weighted by molar-refractivity contribution is 0.456. The van der Waals surface area contributed by atoms with Crippen molar-refractivity contribution < 1.29 is 19.3 Å². The van der Waals surface area contributed by atoms with Gasteiger partial charge in [0, 0.05) is 30.8 Å². The van der Waals surface area contributed by atoms with Crippen molar-refractivity contribution in [1.82, 2.24) is 10.3 Å². The van der Waals surface area contributed by atoms with Crippen LogP contribution in [0.5, 0.6) is 11.5 Å². The van der Waals surface area contributed by atoms with Crippen LogP contribution in [0.15, 0.2) is 140 Å². The number of phenols is 2. The molecule has 0 unspecified atom stereocenters. The Balaban J connectivity index is 1.18. The minimum atomic E-state index is 0.162. The maximum Gasteiger partial charge on any atom is 0.168 e. The summed E-state index contributed by atoms with van der Waals surface area (Å²) < 4.78 is 13.2. The van der Waals surface area contributed by atoms with Gasteiger partial charge in [0.25, 0.3) is 0 Å². The Bertz CT molecular complexity index is 2260. The van der Waals surface area contributed by atoms with Gasteiger partial charge in [-0.1, -0.05) is 78.6 Å². The molecule has 47 heavy (non-hydrogen) atoms. The van der Waals surface area contributed by atoms with Crippen LogP contribution < -0.4 is 0 Å². The number of hydrogen-bond donors (Lipinski definition) is 2. The number of aromatic hydroxyl groups is 2. The van der Waals surface area contributed by atoms with Crippen molar-refractivity contribution in [1.29, 1.82) is 0 Å². The van der Waals surface area contributed by atoms with E-state index in [4.69, 9.17) is 9.05 Å². The maximum absolute atomic E-state index is 11.1. The van der Waals surface area contributed by atoms with Gasteiger partial charge in [0.2, 0.25) is 0 Å². The fourth-order valence-corrected chi connectivity index (χ4v) is 6.59. The van der Waals surface area contributed by atoms with Gasteiger partial charge in [-0.3, -0.25) is 0 Å². The molecule has 0 saturated heterocycles. The summed E-state index contributed by atoms with van der Waals surface area (Å²) in [5.74, 6) is 0.324. The van der Waals surface area contributed by atoms with E-state index in [0.29, 0.717) is 28.7 Å². The van der Waals surface area contributed by atoms with Gasteiger partial charge in [-0.05, 0) is 124 Å². The van der Waals surface area contributed by atoms with Crippen LogP contribution in [0.2, 0.25) is 0 Å². The van der Waals surface area contributed by atoms with Crippen molar-refractivity contribution in [2.75, 3.05) is 0 Å². The Morgan fingerprint density at radius 3 is 1.32 bits per heavy atom. The molecule has 0 aliphatic rings. The number of phenolic OH excluding ortho intramolecular Hbond substituents is 2. The van der Waals surface area contributed by atoms with Gasteiger partial charge in [0.1, 0.15) is 11.5 Å². The molecule has 0 saturated carbocycles. The minimum Gasteiger partial charge on any atom is -0.507 e. The molecule has 8 rings (SSSR count). The Hall–Kier alpha value is -5.18. The van der Waals surface area contributed by atoms with Crippen molar-refractivity contribution in [3.05, 3.63) is 142 Å². The van der Waals surface area contributed by atoms with Crippen LogP contribution in [0.3, 0.4) is 0 Å². The summed E-state index contributed by atoms with van der Waals surface area (Å²) in [6, 6.07) is 35.4. The predicted molar refractivity (Wildman–Crippen MR) is 191 cm³/mol. The number of benzene rings is 6. The van der Waals surface area contributed by atoms with E-state index in [1.54, 1.807) is 24.5 Å². The number of halogens is 2. The van der Waals surface area contributed by atoms with E-state index in [-0.39, 0.29) is 11.5 Å². The summed E-state index contributed by atoms with van der Waals surface area (Å²) in [6.07, 6.45) is 3.93. The molecular weight excluding hydrogens is 720 g/mol. The molecule has 0 aliphatic carbocycles. The van der Waals surface area contributed by atoms with Gasteiger partial charge in [-0.2, -0.15) is 0 Å². The van der Waals surface area contributed by atoms with E-state index in [2.05, 4.69) is 54.3 Å². The molecule has 8 aromatic rings. The van der Waals surface area contributed by atoms with E-state index in [0.717, 1.165) is 64.2 Å². The largest absolute Gasteiger partial charge is 0.507 e. The lowest BCUT2D eigenvalue weighted by Gasteiger charge is -2.13. The lowest BCUT2D eigenvalue weighted by atomic mass is 9.92. The smallest absolute Gasteiger partial charge is 0.168 e. The molecule has 2 N–H and O–H groups in total. The standard InChI is InChI=1S/C39H24Br2N2O4/c40-28-7-3-24(4-8-28)26-16-30(34-20-42-46-38(34)18-26)32-14-22(1-11-36(32)44)13-23-2-12-37(45)33(15-23)31-17-27(19-39-35(31)21-43-47-39)25-5-9-29(41)10-6-25/h1-12,14-21,44-45H,13H2. The van der Waals surface area contributed by atoms with Crippen LogP contribution in [0.25, 0.3) is 66.4 Å². The average molecular weight is 744 g/mol. The van der Waals surface area contributed by atoms with Crippen LogP contribution in [-0.4, -0.2) is 20.5 Å². The Morgan fingerprint density at radius 2 is 0.894 bits per heavy atom. The number of rotatable bonds is 6. The van der Waals surface area contributed by atoms with Gasteiger partial charge in [-0.15, -0.1) is 0 Å². The van der Waals surface area contributed by atoms with Crippen LogP contribution in [0, 0.1) is 0 Å². The SMILES string of the molecule is Oc1ccc(Cc2ccc(O)c(-c3cc(-c4ccc(Br)cc4)cc4oncc34)c2)cc1-c1cc(-c2ccc(Br)cc2)cc2oncc12. The zero-order valence-corrected chi connectivity index (χ0v) is 27.8. The fraction of sp³-hybridized carbons (Fsp3) is 0.0256. The second kappa shape index (κ2) is 11.9. The van der Waals surface area contributed by atoms with Crippen molar-refractivity contribution in [2.24, 2.45) is 0 Å². The maximum atomic E-state index is 11.1. The van der Waals surface area contributed by atoms with Crippen molar-refractivity contribution in [3.8, 4) is 56.0 Å². The van der Waals surface area contributed by atoms with Gasteiger partial charge in [-0.25, -0.2) is 0 Å². The first-order chi connectivity index (χ1) is 22.9. The fourth-order valence-electron chi connectivity index (χ4n) is 6.06. The number of aromatic nitrogens is 2. The van der Waals surface area contributed by atoms with Crippen LogP contribution in [0.4, 0.5) is 0 Å². The molecule has 0 bridgehead atoms. The van der Waals surface area contributed by atoms with E-state index < -0.39 is 0 Å². The lowest BCUT2D eigenvalue weighted by Crippen LogP contribution is -1.92. The second-order valence-corrected chi connectivity index (χ2v) is 13.2. The average Bonchev–Trinajstić information content (AvgIpc) is 3.76. The predicted octanol–water partition coefficient (Wildman–Crippen LogP) is 11.2. The minimum absolute atomic E-state index is 0.162. The van der Waals surface area contributed by atoms with Gasteiger partial charge in [0.05, 0.1) is 12.4 Å². The molecule has 2 aromatic heterocycles. The second-order valence-electron chi connectivity index (χ2n) is 11.4. The zero-order chi connectivity index (χ0) is 32.1. The molecule has 228 valence electrons. The molecule has 0 radical (unpaired) electrons. The van der Waals surface area contributed by atoms with E-state index in [9.17, 15) is 10.2 Å². The number of nitrogens with zero attached hydrogens (tertiary/aromatic N) is 2. The first-order valence-corrected chi connectivity index (χ1v) is 16.4. The van der Waals surface area contributed by atoms with Gasteiger partial charge >= 0.3 is 0 Å². The number of fused-ring (bicyclic) bond motifs is 2. The summed E-state index contributed by atoms with van der Waals surface area (Å²) in [5.41, 5.74) is 10.2. The quantitative estimate of drug-likeness (QED) is 0.176. The highest BCUT2D eigenvalue weighted by Gasteiger charge is 2.17. The monoisotopic (exact) mass is 742 g/mol. The molecule has 6 nitrogen and oxygen atoms in total. The molecule has 0 fully saturated rings.